The average molecular weight is 408 g/mol. The van der Waals surface area contributed by atoms with Gasteiger partial charge in [0.2, 0.25) is 15.9 Å². The fourth-order valence-corrected chi connectivity index (χ4v) is 4.29. The Labute approximate surface area is 166 Å². The zero-order chi connectivity index (χ0) is 20.7. The summed E-state index contributed by atoms with van der Waals surface area (Å²) < 4.78 is 39.4. The summed E-state index contributed by atoms with van der Waals surface area (Å²) in [6, 6.07) is 12.1. The number of nitrogens with zero attached hydrogens (tertiary/aromatic N) is 2. The largest absolute Gasteiger partial charge is 0.362 e. The third-order valence-electron chi connectivity index (χ3n) is 4.39. The highest BCUT2D eigenvalue weighted by Gasteiger charge is 2.21. The quantitative estimate of drug-likeness (QED) is 0.692. The molecule has 0 atom stereocenters. The fourth-order valence-electron chi connectivity index (χ4n) is 2.83. The van der Waals surface area contributed by atoms with Crippen LogP contribution < -0.4 is 10.2 Å². The molecular weight excluding hydrogens is 381 g/mol. The summed E-state index contributed by atoms with van der Waals surface area (Å²) >= 11 is 0. The zero-order valence-electron chi connectivity index (χ0n) is 16.4. The first-order valence-corrected chi connectivity index (χ1v) is 10.7. The second kappa shape index (κ2) is 9.66. The van der Waals surface area contributed by atoms with E-state index in [1.54, 1.807) is 38.1 Å². The molecule has 0 saturated heterocycles. The predicted octanol–water partition coefficient (Wildman–Crippen LogP) is 3.32. The summed E-state index contributed by atoms with van der Waals surface area (Å²) in [4.78, 5) is 14.4. The van der Waals surface area contributed by atoms with E-state index in [-0.39, 0.29) is 23.2 Å². The number of hydrogen-bond acceptors (Lipinski definition) is 4. The van der Waals surface area contributed by atoms with Crippen molar-refractivity contribution in [1.29, 1.82) is 0 Å². The van der Waals surface area contributed by atoms with Gasteiger partial charge in [-0.05, 0) is 55.5 Å². The smallest absolute Gasteiger partial charge is 0.243 e. The van der Waals surface area contributed by atoms with Crippen LogP contribution in [0.5, 0.6) is 0 Å². The topological polar surface area (TPSA) is 69.7 Å². The Morgan fingerprint density at radius 3 is 2.00 bits per heavy atom. The van der Waals surface area contributed by atoms with Crippen LogP contribution in [0.15, 0.2) is 53.4 Å². The fraction of sp³-hybridized carbons (Fsp3) is 0.350. The van der Waals surface area contributed by atoms with Gasteiger partial charge in [-0.25, -0.2) is 12.8 Å². The van der Waals surface area contributed by atoms with Crippen LogP contribution in [0, 0.1) is 5.82 Å². The lowest BCUT2D eigenvalue weighted by Gasteiger charge is -2.22. The van der Waals surface area contributed by atoms with Crippen LogP contribution in [0.2, 0.25) is 0 Å². The molecule has 8 heteroatoms. The van der Waals surface area contributed by atoms with E-state index < -0.39 is 10.0 Å². The van der Waals surface area contributed by atoms with Gasteiger partial charge in [0.25, 0.3) is 0 Å². The predicted molar refractivity (Wildman–Crippen MR) is 109 cm³/mol. The molecule has 0 unspecified atom stereocenters. The molecule has 0 aliphatic carbocycles. The van der Waals surface area contributed by atoms with Gasteiger partial charge in [0.1, 0.15) is 5.82 Å². The number of benzene rings is 2. The first kappa shape index (κ1) is 21.8. The summed E-state index contributed by atoms with van der Waals surface area (Å²) in [5.74, 6) is -0.575. The number of sulfonamides is 1. The molecular formula is C20H26FN3O3S. The Bertz CT molecular complexity index is 880. The maximum atomic E-state index is 13.1. The highest BCUT2D eigenvalue weighted by molar-refractivity contribution is 7.89. The SMILES string of the molecule is CCN(CC(=O)Nc1ccc(S(=O)(=O)N(CC)CC)cc1)c1ccc(F)cc1. The van der Waals surface area contributed by atoms with E-state index in [0.717, 1.165) is 5.69 Å². The van der Waals surface area contributed by atoms with Crippen LogP contribution in [0.25, 0.3) is 0 Å². The van der Waals surface area contributed by atoms with Crippen molar-refractivity contribution in [1.82, 2.24) is 4.31 Å². The maximum absolute atomic E-state index is 13.1. The van der Waals surface area contributed by atoms with Crippen LogP contribution in [-0.2, 0) is 14.8 Å². The lowest BCUT2D eigenvalue weighted by Crippen LogP contribution is -2.33. The Kier molecular flexibility index (Phi) is 7.53. The molecule has 2 rings (SSSR count). The minimum absolute atomic E-state index is 0.0988. The van der Waals surface area contributed by atoms with Crippen molar-refractivity contribution in [2.45, 2.75) is 25.7 Å². The lowest BCUT2D eigenvalue weighted by atomic mass is 10.2. The van der Waals surface area contributed by atoms with E-state index in [0.29, 0.717) is 25.3 Å². The van der Waals surface area contributed by atoms with Crippen molar-refractivity contribution in [3.8, 4) is 0 Å². The number of rotatable bonds is 9. The second-order valence-corrected chi connectivity index (χ2v) is 8.09. The van der Waals surface area contributed by atoms with Gasteiger partial charge < -0.3 is 10.2 Å². The van der Waals surface area contributed by atoms with Gasteiger partial charge in [-0.2, -0.15) is 4.31 Å². The van der Waals surface area contributed by atoms with Gasteiger partial charge in [0.15, 0.2) is 0 Å². The molecule has 0 fully saturated rings. The monoisotopic (exact) mass is 407 g/mol. The van der Waals surface area contributed by atoms with Gasteiger partial charge in [-0.1, -0.05) is 13.8 Å². The van der Waals surface area contributed by atoms with Crippen molar-refractivity contribution in [3.63, 3.8) is 0 Å². The Hall–Kier alpha value is -2.45. The summed E-state index contributed by atoms with van der Waals surface area (Å²) in [5, 5.41) is 2.76. The highest BCUT2D eigenvalue weighted by atomic mass is 32.2. The van der Waals surface area contributed by atoms with Gasteiger partial charge in [-0.15, -0.1) is 0 Å². The van der Waals surface area contributed by atoms with E-state index >= 15 is 0 Å². The molecule has 2 aromatic carbocycles. The van der Waals surface area contributed by atoms with Gasteiger partial charge >= 0.3 is 0 Å². The molecule has 2 aromatic rings. The third-order valence-corrected chi connectivity index (χ3v) is 6.45. The van der Waals surface area contributed by atoms with Gasteiger partial charge in [-0.3, -0.25) is 4.79 Å². The number of carbonyl (C=O) groups excluding carboxylic acids is 1. The molecule has 0 aliphatic rings. The zero-order valence-corrected chi connectivity index (χ0v) is 17.2. The number of carbonyl (C=O) groups is 1. The number of anilines is 2. The van der Waals surface area contributed by atoms with Crippen LogP contribution >= 0.6 is 0 Å². The first-order chi connectivity index (χ1) is 13.3. The van der Waals surface area contributed by atoms with Crippen LogP contribution in [0.1, 0.15) is 20.8 Å². The minimum Gasteiger partial charge on any atom is -0.362 e. The third kappa shape index (κ3) is 5.30. The number of hydrogen-bond donors (Lipinski definition) is 1. The standard InChI is InChI=1S/C20H26FN3O3S/c1-4-23(18-11-7-16(21)8-12-18)15-20(25)22-17-9-13-19(14-10-17)28(26,27)24(5-2)6-3/h7-14H,4-6,15H2,1-3H3,(H,22,25). The summed E-state index contributed by atoms with van der Waals surface area (Å²) in [6.07, 6.45) is 0. The maximum Gasteiger partial charge on any atom is 0.243 e. The first-order valence-electron chi connectivity index (χ1n) is 9.22. The number of nitrogens with one attached hydrogen (secondary N) is 1. The summed E-state index contributed by atoms with van der Waals surface area (Å²) in [6.45, 7) is 6.96. The molecule has 0 saturated carbocycles. The van der Waals surface area contributed by atoms with E-state index in [9.17, 15) is 17.6 Å². The van der Waals surface area contributed by atoms with Gasteiger partial charge in [0.05, 0.1) is 11.4 Å². The molecule has 1 N–H and O–H groups in total. The minimum atomic E-state index is -3.53. The summed E-state index contributed by atoms with van der Waals surface area (Å²) in [5.41, 5.74) is 1.26. The number of amides is 1. The molecule has 28 heavy (non-hydrogen) atoms. The van der Waals surface area contributed by atoms with E-state index in [2.05, 4.69) is 5.32 Å². The van der Waals surface area contributed by atoms with Crippen LogP contribution in [0.3, 0.4) is 0 Å². The molecule has 6 nitrogen and oxygen atoms in total. The van der Waals surface area contributed by atoms with Crippen molar-refractivity contribution in [2.75, 3.05) is 36.4 Å². The van der Waals surface area contributed by atoms with E-state index in [1.807, 2.05) is 11.8 Å². The summed E-state index contributed by atoms with van der Waals surface area (Å²) in [7, 11) is -3.53. The van der Waals surface area contributed by atoms with Crippen molar-refractivity contribution in [3.05, 3.63) is 54.3 Å². The second-order valence-electron chi connectivity index (χ2n) is 6.15. The van der Waals surface area contributed by atoms with Crippen molar-refractivity contribution in [2.24, 2.45) is 0 Å². The van der Waals surface area contributed by atoms with Crippen molar-refractivity contribution < 1.29 is 17.6 Å². The Morgan fingerprint density at radius 2 is 1.50 bits per heavy atom. The number of halogens is 1. The van der Waals surface area contributed by atoms with E-state index in [1.165, 1.54) is 28.6 Å². The number of likely N-dealkylation sites (N-methyl/N-ethyl adjacent to an activating group) is 1. The normalized spacial score (nSPS) is 11.5. The molecule has 0 spiro atoms. The van der Waals surface area contributed by atoms with Crippen molar-refractivity contribution >= 4 is 27.3 Å². The molecule has 152 valence electrons. The average Bonchev–Trinajstić information content (AvgIpc) is 2.68. The highest BCUT2D eigenvalue weighted by Crippen LogP contribution is 2.19. The lowest BCUT2D eigenvalue weighted by molar-refractivity contribution is -0.115. The molecule has 0 aliphatic heterocycles. The van der Waals surface area contributed by atoms with Gasteiger partial charge in [0, 0.05) is 31.0 Å². The molecule has 0 aromatic heterocycles. The van der Waals surface area contributed by atoms with Crippen LogP contribution in [-0.4, -0.2) is 44.8 Å². The molecule has 0 radical (unpaired) electrons. The Balaban J connectivity index is 2.05. The molecule has 0 bridgehead atoms. The van der Waals surface area contributed by atoms with Crippen LogP contribution in [0.4, 0.5) is 15.8 Å². The van der Waals surface area contributed by atoms with E-state index in [4.69, 9.17) is 0 Å². The molecule has 0 heterocycles. The Morgan fingerprint density at radius 1 is 0.929 bits per heavy atom. The molecule has 1 amide bonds.